The van der Waals surface area contributed by atoms with Gasteiger partial charge in [-0.3, -0.25) is 0 Å². The van der Waals surface area contributed by atoms with Crippen LogP contribution in [0.15, 0.2) is 12.2 Å². The third-order valence-corrected chi connectivity index (χ3v) is 0.781. The largest absolute Gasteiger partial charge is 0.132 e. The van der Waals surface area contributed by atoms with Crippen LogP contribution in [0.1, 0.15) is 13.3 Å². The molecule has 0 unspecified atom stereocenters. The molecule has 0 amide bonds. The lowest BCUT2D eigenvalue weighted by Gasteiger charge is -1.76. The van der Waals surface area contributed by atoms with E-state index in [2.05, 4.69) is 31.8 Å². The van der Waals surface area contributed by atoms with Gasteiger partial charge in [0.1, 0.15) is 0 Å². The summed E-state index contributed by atoms with van der Waals surface area (Å²) >= 11 is 8.52. The Bertz CT molecular complexity index is 84.1. The SMILES string of the molecule is CCC=CC(=S)S. The molecule has 2 heteroatoms. The van der Waals surface area contributed by atoms with Crippen molar-refractivity contribution in [3.05, 3.63) is 12.2 Å². The highest BCUT2D eigenvalue weighted by atomic mass is 32.1. The Labute approximate surface area is 55.0 Å². The molecule has 0 N–H and O–H groups in total. The number of thiocarbonyl (C=S) groups is 1. The van der Waals surface area contributed by atoms with E-state index in [-0.39, 0.29) is 0 Å². The molecule has 7 heavy (non-hydrogen) atoms. The predicted molar refractivity (Wildman–Crippen MR) is 41.0 cm³/mol. The minimum Gasteiger partial charge on any atom is -0.132 e. The molecule has 0 aromatic carbocycles. The summed E-state index contributed by atoms with van der Waals surface area (Å²) in [6, 6.07) is 0. The molecule has 0 spiro atoms. The van der Waals surface area contributed by atoms with Gasteiger partial charge >= 0.3 is 0 Å². The first kappa shape index (κ1) is 7.18. The average molecular weight is 132 g/mol. The van der Waals surface area contributed by atoms with Gasteiger partial charge in [-0.15, -0.1) is 12.6 Å². The highest BCUT2D eigenvalue weighted by Gasteiger charge is 1.71. The molecule has 0 aliphatic carbocycles. The Morgan fingerprint density at radius 1 is 1.86 bits per heavy atom. The predicted octanol–water partition coefficient (Wildman–Crippen LogP) is 2.21. The fourth-order valence-electron chi connectivity index (χ4n) is 0.219. The zero-order valence-electron chi connectivity index (χ0n) is 4.22. The molecule has 0 aliphatic heterocycles. The van der Waals surface area contributed by atoms with E-state index in [4.69, 9.17) is 0 Å². The van der Waals surface area contributed by atoms with Gasteiger partial charge < -0.3 is 0 Å². The van der Waals surface area contributed by atoms with E-state index in [1.54, 1.807) is 0 Å². The molecule has 0 heterocycles. The molecule has 0 rings (SSSR count). The number of allylic oxidation sites excluding steroid dienone is 1. The first-order valence-electron chi connectivity index (χ1n) is 2.17. The van der Waals surface area contributed by atoms with Crippen molar-refractivity contribution >= 4 is 29.0 Å². The second kappa shape index (κ2) is 4.34. The van der Waals surface area contributed by atoms with Crippen molar-refractivity contribution in [2.45, 2.75) is 13.3 Å². The molecule has 0 atom stereocenters. The Balaban J connectivity index is 3.26. The summed E-state index contributed by atoms with van der Waals surface area (Å²) < 4.78 is 0.654. The number of rotatable bonds is 2. The van der Waals surface area contributed by atoms with Crippen LogP contribution in [0, 0.1) is 0 Å². The summed E-state index contributed by atoms with van der Waals surface area (Å²) in [5.74, 6) is 0. The van der Waals surface area contributed by atoms with Crippen LogP contribution in [0.2, 0.25) is 0 Å². The minimum atomic E-state index is 0.654. The maximum absolute atomic E-state index is 4.64. The van der Waals surface area contributed by atoms with Gasteiger partial charge in [0.25, 0.3) is 0 Å². The van der Waals surface area contributed by atoms with E-state index in [0.29, 0.717) is 4.20 Å². The minimum absolute atomic E-state index is 0.654. The number of hydrogen-bond donors (Lipinski definition) is 1. The van der Waals surface area contributed by atoms with Crippen LogP contribution in [0.25, 0.3) is 0 Å². The quantitative estimate of drug-likeness (QED) is 0.341. The van der Waals surface area contributed by atoms with Gasteiger partial charge in [0.2, 0.25) is 0 Å². The Morgan fingerprint density at radius 2 is 2.43 bits per heavy atom. The van der Waals surface area contributed by atoms with E-state index in [1.165, 1.54) is 0 Å². The van der Waals surface area contributed by atoms with Crippen molar-refractivity contribution in [2.24, 2.45) is 0 Å². The van der Waals surface area contributed by atoms with Crippen molar-refractivity contribution in [3.63, 3.8) is 0 Å². The van der Waals surface area contributed by atoms with Gasteiger partial charge in [0.15, 0.2) is 0 Å². The summed E-state index contributed by atoms with van der Waals surface area (Å²) in [6.45, 7) is 2.06. The zero-order valence-corrected chi connectivity index (χ0v) is 5.93. The van der Waals surface area contributed by atoms with Gasteiger partial charge in [-0.1, -0.05) is 25.2 Å². The fourth-order valence-corrected chi connectivity index (χ4v) is 0.420. The summed E-state index contributed by atoms with van der Waals surface area (Å²) in [5.41, 5.74) is 0. The van der Waals surface area contributed by atoms with Crippen molar-refractivity contribution in [3.8, 4) is 0 Å². The monoisotopic (exact) mass is 132 g/mol. The van der Waals surface area contributed by atoms with Crippen LogP contribution in [0.3, 0.4) is 0 Å². The van der Waals surface area contributed by atoms with Gasteiger partial charge in [-0.05, 0) is 12.5 Å². The molecular formula is C5H8S2. The van der Waals surface area contributed by atoms with Crippen molar-refractivity contribution < 1.29 is 0 Å². The molecule has 0 radical (unpaired) electrons. The molecule has 0 saturated carbocycles. The molecule has 0 fully saturated rings. The van der Waals surface area contributed by atoms with Gasteiger partial charge in [-0.2, -0.15) is 0 Å². The Morgan fingerprint density at radius 3 is 2.57 bits per heavy atom. The van der Waals surface area contributed by atoms with Crippen molar-refractivity contribution in [1.29, 1.82) is 0 Å². The van der Waals surface area contributed by atoms with Crippen molar-refractivity contribution in [2.75, 3.05) is 0 Å². The summed E-state index contributed by atoms with van der Waals surface area (Å²) in [7, 11) is 0. The highest BCUT2D eigenvalue weighted by Crippen LogP contribution is 1.87. The molecule has 0 aromatic heterocycles. The van der Waals surface area contributed by atoms with E-state index < -0.39 is 0 Å². The van der Waals surface area contributed by atoms with E-state index in [1.807, 2.05) is 12.2 Å². The van der Waals surface area contributed by atoms with Gasteiger partial charge in [-0.25, -0.2) is 0 Å². The van der Waals surface area contributed by atoms with Crippen LogP contribution in [-0.2, 0) is 0 Å². The first-order chi connectivity index (χ1) is 3.27. The molecule has 0 saturated heterocycles. The Hall–Kier alpha value is 0.180. The molecule has 0 nitrogen and oxygen atoms in total. The Kier molecular flexibility index (Phi) is 4.45. The van der Waals surface area contributed by atoms with Gasteiger partial charge in [0.05, 0.1) is 4.20 Å². The standard InChI is InChI=1S/C5H8S2/c1-2-3-4-5(6)7/h3-4H,2H2,1H3,(H,6,7). The van der Waals surface area contributed by atoms with Crippen molar-refractivity contribution in [1.82, 2.24) is 0 Å². The van der Waals surface area contributed by atoms with Crippen LogP contribution >= 0.6 is 24.8 Å². The van der Waals surface area contributed by atoms with Crippen LogP contribution in [0.5, 0.6) is 0 Å². The molecule has 0 bridgehead atoms. The number of hydrogen-bond acceptors (Lipinski definition) is 1. The van der Waals surface area contributed by atoms with Crippen LogP contribution < -0.4 is 0 Å². The molecule has 0 aromatic rings. The molecular weight excluding hydrogens is 124 g/mol. The maximum Gasteiger partial charge on any atom is 0.0672 e. The summed E-state index contributed by atoms with van der Waals surface area (Å²) in [6.07, 6.45) is 4.83. The summed E-state index contributed by atoms with van der Waals surface area (Å²) in [4.78, 5) is 0. The smallest absolute Gasteiger partial charge is 0.0672 e. The maximum atomic E-state index is 4.64. The first-order valence-corrected chi connectivity index (χ1v) is 3.02. The zero-order chi connectivity index (χ0) is 5.70. The molecule has 0 aliphatic rings. The lowest BCUT2D eigenvalue weighted by molar-refractivity contribution is 1.23. The van der Waals surface area contributed by atoms with Crippen LogP contribution in [-0.4, -0.2) is 4.20 Å². The number of thiol groups is 1. The summed E-state index contributed by atoms with van der Waals surface area (Å²) in [5, 5.41) is 0. The average Bonchev–Trinajstić information content (AvgIpc) is 1.61. The van der Waals surface area contributed by atoms with E-state index in [0.717, 1.165) is 6.42 Å². The third-order valence-electron chi connectivity index (χ3n) is 0.496. The van der Waals surface area contributed by atoms with Crippen LogP contribution in [0.4, 0.5) is 0 Å². The third kappa shape index (κ3) is 6.18. The second-order valence-corrected chi connectivity index (χ2v) is 2.37. The fraction of sp³-hybridized carbons (Fsp3) is 0.400. The van der Waals surface area contributed by atoms with E-state index in [9.17, 15) is 0 Å². The molecule has 40 valence electrons. The lowest BCUT2D eigenvalue weighted by Crippen LogP contribution is -1.67. The van der Waals surface area contributed by atoms with Gasteiger partial charge in [0, 0.05) is 0 Å². The second-order valence-electron chi connectivity index (χ2n) is 1.15. The lowest BCUT2D eigenvalue weighted by atomic mass is 10.4. The topological polar surface area (TPSA) is 0 Å². The highest BCUT2D eigenvalue weighted by molar-refractivity contribution is 8.11. The normalized spacial score (nSPS) is 10.0. The van der Waals surface area contributed by atoms with E-state index >= 15 is 0 Å².